The maximum Gasteiger partial charge on any atom is 0.256 e. The minimum atomic E-state index is -0.133. The molecule has 3 aromatic rings. The molecule has 0 bridgehead atoms. The number of aryl methyl sites for hydroxylation is 1. The molecule has 5 heteroatoms. The van der Waals surface area contributed by atoms with Crippen LogP contribution in [0.3, 0.4) is 0 Å². The van der Waals surface area contributed by atoms with E-state index in [0.29, 0.717) is 28.6 Å². The predicted octanol–water partition coefficient (Wildman–Crippen LogP) is 4.07. The van der Waals surface area contributed by atoms with Gasteiger partial charge in [-0.2, -0.15) is 0 Å². The van der Waals surface area contributed by atoms with E-state index in [2.05, 4.69) is 15.3 Å². The van der Waals surface area contributed by atoms with Crippen molar-refractivity contribution in [2.75, 3.05) is 5.32 Å². The highest BCUT2D eigenvalue weighted by molar-refractivity contribution is 6.30. The van der Waals surface area contributed by atoms with E-state index in [-0.39, 0.29) is 5.56 Å². The molecular weight excluding hydrogens is 310 g/mol. The van der Waals surface area contributed by atoms with Crippen LogP contribution in [-0.4, -0.2) is 9.97 Å². The van der Waals surface area contributed by atoms with Crippen molar-refractivity contribution < 1.29 is 0 Å². The maximum atomic E-state index is 12.4. The third-order valence-corrected chi connectivity index (χ3v) is 3.80. The van der Waals surface area contributed by atoms with E-state index >= 15 is 0 Å². The van der Waals surface area contributed by atoms with E-state index in [1.54, 1.807) is 0 Å². The Hall–Kier alpha value is -2.59. The summed E-state index contributed by atoms with van der Waals surface area (Å²) in [5.41, 5.74) is 3.13. The minimum absolute atomic E-state index is 0.133. The molecule has 0 fully saturated rings. The van der Waals surface area contributed by atoms with Gasteiger partial charge in [-0.15, -0.1) is 0 Å². The van der Waals surface area contributed by atoms with Crippen LogP contribution in [0.4, 0.5) is 11.6 Å². The van der Waals surface area contributed by atoms with Gasteiger partial charge in [-0.25, -0.2) is 4.98 Å². The fourth-order valence-electron chi connectivity index (χ4n) is 2.34. The van der Waals surface area contributed by atoms with Crippen LogP contribution in [-0.2, 0) is 6.42 Å². The standard InChI is InChI=1S/C18H16ClN3O/c1-12-16(11-13-7-9-14(19)10-8-13)17(23)22-18(20-12)21-15-5-3-2-4-6-15/h2-10H,11H2,1H3,(H2,20,21,22,23). The number of aromatic amines is 1. The summed E-state index contributed by atoms with van der Waals surface area (Å²) in [6.45, 7) is 1.84. The van der Waals surface area contributed by atoms with Crippen molar-refractivity contribution in [3.63, 3.8) is 0 Å². The average Bonchev–Trinajstić information content (AvgIpc) is 2.54. The third kappa shape index (κ3) is 3.79. The summed E-state index contributed by atoms with van der Waals surface area (Å²) in [5, 5.41) is 3.78. The molecule has 0 aliphatic rings. The van der Waals surface area contributed by atoms with E-state index in [9.17, 15) is 4.79 Å². The Kier molecular flexibility index (Phi) is 4.44. The number of benzene rings is 2. The molecule has 0 aliphatic carbocycles. The lowest BCUT2D eigenvalue weighted by molar-refractivity contribution is 0.986. The van der Waals surface area contributed by atoms with Gasteiger partial charge in [0.05, 0.1) is 5.69 Å². The molecule has 116 valence electrons. The Morgan fingerprint density at radius 1 is 1.09 bits per heavy atom. The van der Waals surface area contributed by atoms with Crippen LogP contribution in [0.5, 0.6) is 0 Å². The van der Waals surface area contributed by atoms with Gasteiger partial charge in [0.15, 0.2) is 0 Å². The lowest BCUT2D eigenvalue weighted by Crippen LogP contribution is -2.18. The molecular formula is C18H16ClN3O. The van der Waals surface area contributed by atoms with E-state index in [1.165, 1.54) is 0 Å². The molecule has 0 amide bonds. The first-order chi connectivity index (χ1) is 11.1. The normalized spacial score (nSPS) is 10.5. The van der Waals surface area contributed by atoms with E-state index < -0.39 is 0 Å². The summed E-state index contributed by atoms with van der Waals surface area (Å²) in [4.78, 5) is 19.6. The molecule has 3 rings (SSSR count). The van der Waals surface area contributed by atoms with Gasteiger partial charge in [-0.05, 0) is 36.8 Å². The summed E-state index contributed by atoms with van der Waals surface area (Å²) in [6, 6.07) is 17.1. The monoisotopic (exact) mass is 325 g/mol. The molecule has 23 heavy (non-hydrogen) atoms. The molecule has 1 aromatic heterocycles. The van der Waals surface area contributed by atoms with Gasteiger partial charge in [0, 0.05) is 22.7 Å². The third-order valence-electron chi connectivity index (χ3n) is 3.55. The van der Waals surface area contributed by atoms with Crippen molar-refractivity contribution in [3.05, 3.63) is 86.8 Å². The van der Waals surface area contributed by atoms with Crippen LogP contribution >= 0.6 is 11.6 Å². The topological polar surface area (TPSA) is 57.8 Å². The fraction of sp³-hybridized carbons (Fsp3) is 0.111. The van der Waals surface area contributed by atoms with E-state index in [0.717, 1.165) is 11.3 Å². The Balaban J connectivity index is 1.85. The lowest BCUT2D eigenvalue weighted by atomic mass is 10.1. The second-order valence-corrected chi connectivity index (χ2v) is 5.71. The number of rotatable bonds is 4. The van der Waals surface area contributed by atoms with Crippen LogP contribution in [0.25, 0.3) is 0 Å². The number of hydrogen-bond acceptors (Lipinski definition) is 3. The highest BCUT2D eigenvalue weighted by Gasteiger charge is 2.09. The van der Waals surface area contributed by atoms with Crippen molar-refractivity contribution in [1.82, 2.24) is 9.97 Å². The highest BCUT2D eigenvalue weighted by Crippen LogP contribution is 2.15. The number of aromatic nitrogens is 2. The van der Waals surface area contributed by atoms with Gasteiger partial charge >= 0.3 is 0 Å². The molecule has 0 saturated heterocycles. The van der Waals surface area contributed by atoms with Crippen LogP contribution in [0.15, 0.2) is 59.4 Å². The molecule has 0 aliphatic heterocycles. The van der Waals surface area contributed by atoms with Crippen LogP contribution in [0, 0.1) is 6.92 Å². The van der Waals surface area contributed by atoms with Crippen molar-refractivity contribution >= 4 is 23.2 Å². The lowest BCUT2D eigenvalue weighted by Gasteiger charge is -2.09. The first-order valence-electron chi connectivity index (χ1n) is 7.28. The molecule has 4 nitrogen and oxygen atoms in total. The first kappa shape index (κ1) is 15.3. The van der Waals surface area contributed by atoms with Crippen molar-refractivity contribution in [1.29, 1.82) is 0 Å². The molecule has 0 spiro atoms. The number of H-pyrrole nitrogens is 1. The number of nitrogens with one attached hydrogen (secondary N) is 2. The molecule has 0 saturated carbocycles. The van der Waals surface area contributed by atoms with Crippen molar-refractivity contribution in [2.45, 2.75) is 13.3 Å². The van der Waals surface area contributed by atoms with Crippen LogP contribution in [0.1, 0.15) is 16.8 Å². The average molecular weight is 326 g/mol. The number of para-hydroxylation sites is 1. The maximum absolute atomic E-state index is 12.4. The quantitative estimate of drug-likeness (QED) is 0.760. The number of anilines is 2. The summed E-state index contributed by atoms with van der Waals surface area (Å²) < 4.78 is 0. The molecule has 2 aromatic carbocycles. The van der Waals surface area contributed by atoms with E-state index in [1.807, 2.05) is 61.5 Å². The van der Waals surface area contributed by atoms with Gasteiger partial charge in [-0.1, -0.05) is 41.9 Å². The Morgan fingerprint density at radius 2 is 1.78 bits per heavy atom. The van der Waals surface area contributed by atoms with Crippen molar-refractivity contribution in [2.24, 2.45) is 0 Å². The summed E-state index contributed by atoms with van der Waals surface area (Å²) >= 11 is 5.89. The highest BCUT2D eigenvalue weighted by atomic mass is 35.5. The zero-order valence-electron chi connectivity index (χ0n) is 12.6. The minimum Gasteiger partial charge on any atom is -0.326 e. The number of hydrogen-bond donors (Lipinski definition) is 2. The summed E-state index contributed by atoms with van der Waals surface area (Å²) in [5.74, 6) is 0.443. The van der Waals surface area contributed by atoms with Crippen molar-refractivity contribution in [3.8, 4) is 0 Å². The Morgan fingerprint density at radius 3 is 2.43 bits per heavy atom. The van der Waals surface area contributed by atoms with Crippen LogP contribution in [0.2, 0.25) is 5.02 Å². The zero-order chi connectivity index (χ0) is 16.2. The first-order valence-corrected chi connectivity index (χ1v) is 7.66. The second kappa shape index (κ2) is 6.67. The van der Waals surface area contributed by atoms with Gasteiger partial charge in [0.2, 0.25) is 5.95 Å². The van der Waals surface area contributed by atoms with E-state index in [4.69, 9.17) is 11.6 Å². The molecule has 0 unspecified atom stereocenters. The summed E-state index contributed by atoms with van der Waals surface area (Å²) in [6.07, 6.45) is 0.525. The van der Waals surface area contributed by atoms with Gasteiger partial charge in [0.1, 0.15) is 0 Å². The van der Waals surface area contributed by atoms with Gasteiger partial charge in [0.25, 0.3) is 5.56 Å². The van der Waals surface area contributed by atoms with Gasteiger partial charge < -0.3 is 5.32 Å². The Labute approximate surface area is 139 Å². The number of nitrogens with zero attached hydrogens (tertiary/aromatic N) is 1. The second-order valence-electron chi connectivity index (χ2n) is 5.27. The smallest absolute Gasteiger partial charge is 0.256 e. The summed E-state index contributed by atoms with van der Waals surface area (Å²) in [7, 11) is 0. The SMILES string of the molecule is Cc1nc(Nc2ccccc2)[nH]c(=O)c1Cc1ccc(Cl)cc1. The molecule has 1 heterocycles. The number of halogens is 1. The zero-order valence-corrected chi connectivity index (χ0v) is 13.4. The van der Waals surface area contributed by atoms with Gasteiger partial charge in [-0.3, -0.25) is 9.78 Å². The largest absolute Gasteiger partial charge is 0.326 e. The van der Waals surface area contributed by atoms with Crippen LogP contribution < -0.4 is 10.9 Å². The Bertz CT molecular complexity index is 858. The molecule has 2 N–H and O–H groups in total. The fourth-order valence-corrected chi connectivity index (χ4v) is 2.47. The molecule has 0 radical (unpaired) electrons. The molecule has 0 atom stereocenters. The predicted molar refractivity (Wildman–Crippen MR) is 93.6 cm³/mol.